The fourth-order valence-corrected chi connectivity index (χ4v) is 3.49. The third-order valence-corrected chi connectivity index (χ3v) is 4.41. The average Bonchev–Trinajstić information content (AvgIpc) is 2.84. The number of hydrogen-bond acceptors (Lipinski definition) is 5. The lowest BCUT2D eigenvalue weighted by Crippen LogP contribution is -2.30. The van der Waals surface area contributed by atoms with Crippen molar-refractivity contribution in [2.24, 2.45) is 4.99 Å². The van der Waals surface area contributed by atoms with Crippen molar-refractivity contribution in [1.29, 1.82) is 0 Å². The van der Waals surface area contributed by atoms with Crippen LogP contribution in [-0.4, -0.2) is 28.8 Å². The van der Waals surface area contributed by atoms with E-state index >= 15 is 0 Å². The fraction of sp³-hybridized carbons (Fsp3) is 0.500. The van der Waals surface area contributed by atoms with Crippen LogP contribution in [0.2, 0.25) is 0 Å². The molecule has 0 bridgehead atoms. The minimum absolute atomic E-state index is 0.302. The molecular weight excluding hydrogens is 340 g/mol. The van der Waals surface area contributed by atoms with Crippen LogP contribution in [0.3, 0.4) is 0 Å². The molecule has 0 radical (unpaired) electrons. The van der Waals surface area contributed by atoms with Gasteiger partial charge in [-0.2, -0.15) is 0 Å². The molecule has 7 heteroatoms. The number of hydrogen-bond donors (Lipinski definition) is 0. The van der Waals surface area contributed by atoms with Crippen molar-refractivity contribution in [2.45, 2.75) is 52.7 Å². The standard InChI is InChI=1S/C18H24N2O4S/c1-6-12(15(21)23-7-2)20-13-10-8-9-11-14(13)25-16(20)19-17(22)24-18(3,4)5/h8-12H,6-7H2,1-5H3. The van der Waals surface area contributed by atoms with Gasteiger partial charge in [0.2, 0.25) is 0 Å². The van der Waals surface area contributed by atoms with Gasteiger partial charge in [-0.15, -0.1) is 4.99 Å². The third kappa shape index (κ3) is 4.69. The number of carbonyl (C=O) groups is 2. The number of rotatable bonds is 4. The largest absolute Gasteiger partial charge is 0.464 e. The molecule has 2 rings (SSSR count). The zero-order valence-electron chi connectivity index (χ0n) is 15.2. The van der Waals surface area contributed by atoms with Crippen LogP contribution in [0.4, 0.5) is 4.79 Å². The highest BCUT2D eigenvalue weighted by Gasteiger charge is 2.24. The molecule has 1 aromatic heterocycles. The van der Waals surface area contributed by atoms with E-state index in [0.29, 0.717) is 17.8 Å². The summed E-state index contributed by atoms with van der Waals surface area (Å²) in [5.74, 6) is -0.334. The van der Waals surface area contributed by atoms with E-state index in [1.54, 1.807) is 32.3 Å². The molecule has 0 aliphatic heterocycles. The van der Waals surface area contributed by atoms with Gasteiger partial charge in [0.15, 0.2) is 4.80 Å². The maximum absolute atomic E-state index is 12.4. The molecule has 0 aliphatic rings. The van der Waals surface area contributed by atoms with Crippen molar-refractivity contribution < 1.29 is 19.1 Å². The Bertz CT molecular complexity index is 829. The van der Waals surface area contributed by atoms with Crippen LogP contribution in [0.25, 0.3) is 10.2 Å². The highest BCUT2D eigenvalue weighted by molar-refractivity contribution is 7.16. The van der Waals surface area contributed by atoms with Gasteiger partial charge in [-0.25, -0.2) is 9.59 Å². The molecule has 0 aliphatic carbocycles. The maximum Gasteiger partial charge on any atom is 0.436 e. The summed E-state index contributed by atoms with van der Waals surface area (Å²) in [6.07, 6.45) is -0.146. The van der Waals surface area contributed by atoms with Crippen LogP contribution in [0.1, 0.15) is 47.1 Å². The van der Waals surface area contributed by atoms with E-state index < -0.39 is 17.7 Å². The third-order valence-electron chi connectivity index (χ3n) is 3.37. The molecule has 1 heterocycles. The van der Waals surface area contributed by atoms with Gasteiger partial charge in [0.1, 0.15) is 11.6 Å². The topological polar surface area (TPSA) is 69.9 Å². The zero-order chi connectivity index (χ0) is 18.6. The Morgan fingerprint density at radius 3 is 2.52 bits per heavy atom. The van der Waals surface area contributed by atoms with Gasteiger partial charge in [-0.05, 0) is 46.2 Å². The molecule has 0 saturated carbocycles. The Hall–Kier alpha value is -2.15. The van der Waals surface area contributed by atoms with E-state index in [1.165, 1.54) is 11.3 Å². The Labute approximate surface area is 151 Å². The Kier molecular flexibility index (Phi) is 6.00. The average molecular weight is 364 g/mol. The van der Waals surface area contributed by atoms with E-state index in [4.69, 9.17) is 9.47 Å². The molecule has 0 N–H and O–H groups in total. The highest BCUT2D eigenvalue weighted by atomic mass is 32.1. The van der Waals surface area contributed by atoms with Crippen LogP contribution in [-0.2, 0) is 14.3 Å². The highest BCUT2D eigenvalue weighted by Crippen LogP contribution is 2.23. The Morgan fingerprint density at radius 1 is 1.24 bits per heavy atom. The first-order valence-electron chi connectivity index (χ1n) is 8.31. The molecule has 0 saturated heterocycles. The number of benzene rings is 1. The number of nitrogens with zero attached hydrogens (tertiary/aromatic N) is 2. The summed E-state index contributed by atoms with van der Waals surface area (Å²) < 4.78 is 13.2. The summed E-state index contributed by atoms with van der Waals surface area (Å²) in [4.78, 5) is 29.1. The zero-order valence-corrected chi connectivity index (χ0v) is 16.1. The molecule has 0 fully saturated rings. The quantitative estimate of drug-likeness (QED) is 0.767. The Balaban J connectivity index is 2.60. The molecule has 2 aromatic rings. The van der Waals surface area contributed by atoms with E-state index in [9.17, 15) is 9.59 Å². The normalized spacial score (nSPS) is 13.7. The van der Waals surface area contributed by atoms with Crippen molar-refractivity contribution in [2.75, 3.05) is 6.61 Å². The van der Waals surface area contributed by atoms with Gasteiger partial charge in [-0.3, -0.25) is 0 Å². The number of para-hydroxylation sites is 1. The van der Waals surface area contributed by atoms with Gasteiger partial charge in [-0.1, -0.05) is 30.4 Å². The number of carbonyl (C=O) groups excluding carboxylic acids is 2. The summed E-state index contributed by atoms with van der Waals surface area (Å²) in [6.45, 7) is 9.33. The first-order valence-corrected chi connectivity index (χ1v) is 9.13. The number of thiazole rings is 1. The van der Waals surface area contributed by atoms with Crippen molar-refractivity contribution in [1.82, 2.24) is 4.57 Å². The molecule has 6 nitrogen and oxygen atoms in total. The van der Waals surface area contributed by atoms with Crippen molar-refractivity contribution in [3.8, 4) is 0 Å². The molecule has 1 aromatic carbocycles. The molecular formula is C18H24N2O4S. The summed E-state index contributed by atoms with van der Waals surface area (Å²) in [6, 6.07) is 7.09. The summed E-state index contributed by atoms with van der Waals surface area (Å²) >= 11 is 1.35. The smallest absolute Gasteiger partial charge is 0.436 e. The van der Waals surface area contributed by atoms with Crippen LogP contribution >= 0.6 is 11.3 Å². The lowest BCUT2D eigenvalue weighted by molar-refractivity contribution is -0.147. The molecule has 0 spiro atoms. The van der Waals surface area contributed by atoms with E-state index in [-0.39, 0.29) is 5.97 Å². The monoisotopic (exact) mass is 364 g/mol. The fourth-order valence-electron chi connectivity index (χ4n) is 2.43. The van der Waals surface area contributed by atoms with E-state index in [0.717, 1.165) is 10.2 Å². The maximum atomic E-state index is 12.4. The van der Waals surface area contributed by atoms with Crippen molar-refractivity contribution in [3.63, 3.8) is 0 Å². The lowest BCUT2D eigenvalue weighted by Gasteiger charge is -2.18. The first-order chi connectivity index (χ1) is 11.8. The minimum atomic E-state index is -0.675. The van der Waals surface area contributed by atoms with E-state index in [2.05, 4.69) is 4.99 Å². The van der Waals surface area contributed by atoms with Crippen LogP contribution in [0.5, 0.6) is 0 Å². The Morgan fingerprint density at radius 2 is 1.92 bits per heavy atom. The number of ether oxygens (including phenoxy) is 2. The van der Waals surface area contributed by atoms with E-state index in [1.807, 2.05) is 31.2 Å². The molecule has 25 heavy (non-hydrogen) atoms. The second-order valence-electron chi connectivity index (χ2n) is 6.49. The number of amides is 1. The van der Waals surface area contributed by atoms with Crippen LogP contribution in [0.15, 0.2) is 29.3 Å². The predicted molar refractivity (Wildman–Crippen MR) is 97.6 cm³/mol. The van der Waals surface area contributed by atoms with Crippen LogP contribution in [0, 0.1) is 0 Å². The van der Waals surface area contributed by atoms with Crippen molar-refractivity contribution in [3.05, 3.63) is 29.1 Å². The minimum Gasteiger partial charge on any atom is -0.464 e. The number of aromatic nitrogens is 1. The summed E-state index contributed by atoms with van der Waals surface area (Å²) in [5, 5.41) is 0. The predicted octanol–water partition coefficient (Wildman–Crippen LogP) is 4.05. The van der Waals surface area contributed by atoms with Crippen LogP contribution < -0.4 is 4.80 Å². The van der Waals surface area contributed by atoms with Gasteiger partial charge in [0, 0.05) is 0 Å². The number of esters is 1. The molecule has 1 atom stereocenters. The number of fused-ring (bicyclic) bond motifs is 1. The van der Waals surface area contributed by atoms with Crippen molar-refractivity contribution >= 4 is 33.6 Å². The van der Waals surface area contributed by atoms with Gasteiger partial charge >= 0.3 is 12.1 Å². The second kappa shape index (κ2) is 7.82. The molecule has 1 amide bonds. The molecule has 1 unspecified atom stereocenters. The SMILES string of the molecule is CCOC(=O)C(CC)n1c(=NC(=O)OC(C)(C)C)sc2ccccc21. The van der Waals surface area contributed by atoms with Gasteiger partial charge < -0.3 is 14.0 Å². The second-order valence-corrected chi connectivity index (χ2v) is 7.50. The summed E-state index contributed by atoms with van der Waals surface area (Å²) in [7, 11) is 0. The van der Waals surface area contributed by atoms with Gasteiger partial charge in [0.05, 0.1) is 16.8 Å². The first kappa shape index (κ1) is 19.2. The molecule has 136 valence electrons. The lowest BCUT2D eigenvalue weighted by atomic mass is 10.2. The summed E-state index contributed by atoms with van der Waals surface area (Å²) in [5.41, 5.74) is 0.211. The van der Waals surface area contributed by atoms with Gasteiger partial charge in [0.25, 0.3) is 0 Å².